The Morgan fingerprint density at radius 3 is 2.91 bits per heavy atom. The third kappa shape index (κ3) is 3.04. The van der Waals surface area contributed by atoms with Gasteiger partial charge in [0.05, 0.1) is 18.1 Å². The molecule has 0 aliphatic carbocycles. The maximum atomic E-state index is 12.1. The molecule has 1 fully saturated rings. The van der Waals surface area contributed by atoms with Crippen LogP contribution in [0.3, 0.4) is 0 Å². The van der Waals surface area contributed by atoms with E-state index in [2.05, 4.69) is 16.0 Å². The molecule has 3 heterocycles. The van der Waals surface area contributed by atoms with Crippen molar-refractivity contribution in [3.63, 3.8) is 0 Å². The van der Waals surface area contributed by atoms with Crippen LogP contribution in [0.25, 0.3) is 6.08 Å². The zero-order valence-corrected chi connectivity index (χ0v) is 13.3. The third-order valence-corrected chi connectivity index (χ3v) is 4.91. The molecule has 0 aromatic heterocycles. The molecule has 5 nitrogen and oxygen atoms in total. The Morgan fingerprint density at radius 1 is 1.22 bits per heavy atom. The number of aliphatic imine (C=N–C) groups is 1. The number of hydrogen-bond donors (Lipinski definition) is 0. The van der Waals surface area contributed by atoms with Gasteiger partial charge in [-0.05, 0) is 35.6 Å². The van der Waals surface area contributed by atoms with E-state index < -0.39 is 0 Å². The lowest BCUT2D eigenvalue weighted by atomic mass is 10.1. The number of rotatable bonds is 1. The predicted molar refractivity (Wildman–Crippen MR) is 90.4 cm³/mol. The summed E-state index contributed by atoms with van der Waals surface area (Å²) < 4.78 is 11.1. The maximum Gasteiger partial charge on any atom is 0.286 e. The number of para-hydroxylation sites is 1. The quantitative estimate of drug-likeness (QED) is 0.741. The average molecular weight is 328 g/mol. The first kappa shape index (κ1) is 14.5. The molecule has 1 amide bonds. The number of carbonyl (C=O) groups excluding carboxylic acids is 1. The molecule has 0 radical (unpaired) electrons. The zero-order valence-electron chi connectivity index (χ0n) is 12.5. The summed E-state index contributed by atoms with van der Waals surface area (Å²) in [6.07, 6.45) is 3.95. The highest BCUT2D eigenvalue weighted by atomic mass is 32.2. The number of hydrogen-bond acceptors (Lipinski definition) is 5. The minimum Gasteiger partial charge on any atom is -0.488 e. The van der Waals surface area contributed by atoms with Crippen LogP contribution in [0.5, 0.6) is 5.75 Å². The van der Waals surface area contributed by atoms with Gasteiger partial charge < -0.3 is 14.4 Å². The second-order valence-electron chi connectivity index (χ2n) is 5.46. The number of nitrogens with zero attached hydrogens (tertiary/aromatic N) is 2. The molecule has 6 heteroatoms. The van der Waals surface area contributed by atoms with E-state index >= 15 is 0 Å². The Morgan fingerprint density at radius 2 is 2.04 bits per heavy atom. The van der Waals surface area contributed by atoms with E-state index in [-0.39, 0.29) is 5.91 Å². The molecule has 0 bridgehead atoms. The smallest absolute Gasteiger partial charge is 0.286 e. The fourth-order valence-corrected chi connectivity index (χ4v) is 3.65. The SMILES string of the molecule is O=C1N=C(N2CCOCC2)SC1=CC1=Cc2ccccc2OC1. The third-order valence-electron chi connectivity index (χ3n) is 3.86. The molecule has 0 spiro atoms. The lowest BCUT2D eigenvalue weighted by Crippen LogP contribution is -2.38. The van der Waals surface area contributed by atoms with Crippen LogP contribution in [-0.4, -0.2) is 48.9 Å². The topological polar surface area (TPSA) is 51.1 Å². The van der Waals surface area contributed by atoms with Crippen molar-refractivity contribution in [2.45, 2.75) is 0 Å². The normalized spacial score (nSPS) is 22.5. The van der Waals surface area contributed by atoms with Crippen LogP contribution in [0.2, 0.25) is 0 Å². The molecule has 1 aromatic rings. The predicted octanol–water partition coefficient (Wildman–Crippen LogP) is 2.31. The Balaban J connectivity index is 1.52. The molecule has 118 valence electrons. The largest absolute Gasteiger partial charge is 0.488 e. The Kier molecular flexibility index (Phi) is 3.93. The fourth-order valence-electron chi connectivity index (χ4n) is 2.67. The van der Waals surface area contributed by atoms with Gasteiger partial charge in [-0.25, -0.2) is 0 Å². The van der Waals surface area contributed by atoms with Crippen molar-refractivity contribution in [3.8, 4) is 5.75 Å². The van der Waals surface area contributed by atoms with Crippen LogP contribution < -0.4 is 4.74 Å². The fraction of sp³-hybridized carbons (Fsp3) is 0.294. The summed E-state index contributed by atoms with van der Waals surface area (Å²) in [5.41, 5.74) is 2.02. The van der Waals surface area contributed by atoms with Crippen molar-refractivity contribution in [1.29, 1.82) is 0 Å². The van der Waals surface area contributed by atoms with Crippen molar-refractivity contribution in [2.24, 2.45) is 4.99 Å². The van der Waals surface area contributed by atoms with Gasteiger partial charge in [0.15, 0.2) is 5.17 Å². The van der Waals surface area contributed by atoms with Crippen molar-refractivity contribution < 1.29 is 14.3 Å². The highest BCUT2D eigenvalue weighted by Gasteiger charge is 2.27. The monoisotopic (exact) mass is 328 g/mol. The molecule has 1 saturated heterocycles. The summed E-state index contributed by atoms with van der Waals surface area (Å²) in [6.45, 7) is 3.41. The second kappa shape index (κ2) is 6.22. The first-order valence-electron chi connectivity index (χ1n) is 7.57. The van der Waals surface area contributed by atoms with Crippen LogP contribution in [-0.2, 0) is 9.53 Å². The zero-order chi connectivity index (χ0) is 15.6. The maximum absolute atomic E-state index is 12.1. The number of amides is 1. The molecule has 3 aliphatic heterocycles. The number of thioether (sulfide) groups is 1. The first-order valence-corrected chi connectivity index (χ1v) is 8.39. The van der Waals surface area contributed by atoms with Crippen molar-refractivity contribution in [3.05, 3.63) is 46.4 Å². The molecule has 1 aromatic carbocycles. The summed E-state index contributed by atoms with van der Waals surface area (Å²) >= 11 is 1.44. The summed E-state index contributed by atoms with van der Waals surface area (Å²) in [7, 11) is 0. The van der Waals surface area contributed by atoms with E-state index in [4.69, 9.17) is 9.47 Å². The molecule has 0 N–H and O–H groups in total. The van der Waals surface area contributed by atoms with Gasteiger partial charge in [0.25, 0.3) is 5.91 Å². The number of carbonyl (C=O) groups is 1. The Bertz CT molecular complexity index is 733. The van der Waals surface area contributed by atoms with Crippen LogP contribution >= 0.6 is 11.8 Å². The number of benzene rings is 1. The van der Waals surface area contributed by atoms with Crippen molar-refractivity contribution in [1.82, 2.24) is 4.90 Å². The van der Waals surface area contributed by atoms with Gasteiger partial charge in [-0.2, -0.15) is 4.99 Å². The Labute approximate surface area is 138 Å². The van der Waals surface area contributed by atoms with Crippen LogP contribution in [0, 0.1) is 0 Å². The number of fused-ring (bicyclic) bond motifs is 1. The van der Waals surface area contributed by atoms with Gasteiger partial charge in [0.2, 0.25) is 0 Å². The van der Waals surface area contributed by atoms with Crippen LogP contribution in [0.4, 0.5) is 0 Å². The summed E-state index contributed by atoms with van der Waals surface area (Å²) in [5.74, 6) is 0.710. The average Bonchev–Trinajstić information content (AvgIpc) is 2.96. The van der Waals surface area contributed by atoms with Gasteiger partial charge in [0, 0.05) is 18.7 Å². The lowest BCUT2D eigenvalue weighted by Gasteiger charge is -2.27. The first-order chi connectivity index (χ1) is 11.3. The lowest BCUT2D eigenvalue weighted by molar-refractivity contribution is -0.113. The minimum atomic E-state index is -0.170. The number of morpholine rings is 1. The highest BCUT2D eigenvalue weighted by molar-refractivity contribution is 8.18. The van der Waals surface area contributed by atoms with E-state index in [0.717, 1.165) is 35.1 Å². The molecule has 3 aliphatic rings. The van der Waals surface area contributed by atoms with Gasteiger partial charge >= 0.3 is 0 Å². The summed E-state index contributed by atoms with van der Waals surface area (Å²) in [6, 6.07) is 7.88. The standard InChI is InChI=1S/C17H16N2O3S/c20-16-15(23-17(18-16)19-5-7-21-8-6-19)10-12-9-13-3-1-2-4-14(13)22-11-12/h1-4,9-10H,5-8,11H2. The van der Waals surface area contributed by atoms with Crippen LogP contribution in [0.1, 0.15) is 5.56 Å². The highest BCUT2D eigenvalue weighted by Crippen LogP contribution is 2.32. The molecular formula is C17H16N2O3S. The molecule has 23 heavy (non-hydrogen) atoms. The van der Waals surface area contributed by atoms with Gasteiger partial charge in [-0.15, -0.1) is 0 Å². The molecular weight excluding hydrogens is 312 g/mol. The summed E-state index contributed by atoms with van der Waals surface area (Å²) in [4.78, 5) is 19.1. The molecule has 0 unspecified atom stereocenters. The van der Waals surface area contributed by atoms with Gasteiger partial charge in [-0.3, -0.25) is 4.79 Å². The van der Waals surface area contributed by atoms with E-state index in [9.17, 15) is 4.79 Å². The van der Waals surface area contributed by atoms with E-state index in [1.165, 1.54) is 11.8 Å². The van der Waals surface area contributed by atoms with Crippen LogP contribution in [0.15, 0.2) is 45.8 Å². The van der Waals surface area contributed by atoms with E-state index in [1.54, 1.807) is 0 Å². The number of ether oxygens (including phenoxy) is 2. The molecule has 4 rings (SSSR count). The minimum absolute atomic E-state index is 0.170. The van der Waals surface area contributed by atoms with Gasteiger partial charge in [-0.1, -0.05) is 18.2 Å². The van der Waals surface area contributed by atoms with Gasteiger partial charge in [0.1, 0.15) is 12.4 Å². The van der Waals surface area contributed by atoms with E-state index in [1.807, 2.05) is 30.3 Å². The molecule has 0 saturated carbocycles. The second-order valence-corrected chi connectivity index (χ2v) is 6.46. The van der Waals surface area contributed by atoms with Crippen molar-refractivity contribution >= 4 is 28.9 Å². The van der Waals surface area contributed by atoms with Crippen molar-refractivity contribution in [2.75, 3.05) is 32.9 Å². The summed E-state index contributed by atoms with van der Waals surface area (Å²) in [5, 5.41) is 0.780. The Hall–Kier alpha value is -2.05. The molecule has 0 atom stereocenters. The van der Waals surface area contributed by atoms with E-state index in [0.29, 0.717) is 24.7 Å². The number of amidine groups is 1.